The predicted octanol–water partition coefficient (Wildman–Crippen LogP) is 6.88. The first-order chi connectivity index (χ1) is 12.3. The van der Waals surface area contributed by atoms with Gasteiger partial charge in [-0.3, -0.25) is 0 Å². The molecule has 4 rings (SSSR count). The number of thiophene rings is 1. The average Bonchev–Trinajstić information content (AvgIpc) is 3.06. The first-order valence-corrected chi connectivity index (χ1v) is 9.81. The van der Waals surface area contributed by atoms with Gasteiger partial charge in [-0.15, -0.1) is 0 Å². The van der Waals surface area contributed by atoms with Crippen LogP contribution < -0.4 is 9.47 Å². The van der Waals surface area contributed by atoms with Crippen LogP contribution in [-0.4, -0.2) is 0 Å². The number of rotatable bonds is 5. The van der Waals surface area contributed by atoms with Crippen molar-refractivity contribution < 1.29 is 9.47 Å². The maximum absolute atomic E-state index is 6.12. The van der Waals surface area contributed by atoms with E-state index in [1.54, 1.807) is 11.3 Å². The topological polar surface area (TPSA) is 18.5 Å². The van der Waals surface area contributed by atoms with Gasteiger partial charge in [0, 0.05) is 10.8 Å². The molecule has 0 radical (unpaired) electrons. The molecule has 0 aliphatic heterocycles. The molecule has 0 fully saturated rings. The van der Waals surface area contributed by atoms with E-state index in [2.05, 4.69) is 52.9 Å². The second kappa shape index (κ2) is 7.45. The van der Waals surface area contributed by atoms with Gasteiger partial charge in [0.1, 0.15) is 18.1 Å². The lowest BCUT2D eigenvalue weighted by Crippen LogP contribution is -1.97. The van der Waals surface area contributed by atoms with Gasteiger partial charge < -0.3 is 9.47 Å². The third-order valence-corrected chi connectivity index (χ3v) is 5.84. The Balaban J connectivity index is 1.54. The number of fused-ring (bicyclic) bond motifs is 1. The molecule has 0 amide bonds. The Kier molecular flexibility index (Phi) is 4.90. The number of hydrogen-bond donors (Lipinski definition) is 0. The fourth-order valence-electron chi connectivity index (χ4n) is 2.53. The van der Waals surface area contributed by atoms with Crippen molar-refractivity contribution in [2.24, 2.45) is 0 Å². The zero-order chi connectivity index (χ0) is 17.1. The number of ether oxygens (including phenoxy) is 2. The molecule has 0 N–H and O–H groups in total. The third kappa shape index (κ3) is 3.80. The van der Waals surface area contributed by atoms with E-state index in [0.717, 1.165) is 25.7 Å². The molecule has 0 saturated heterocycles. The van der Waals surface area contributed by atoms with Crippen LogP contribution in [0, 0.1) is 3.57 Å². The van der Waals surface area contributed by atoms with Gasteiger partial charge in [-0.05, 0) is 51.7 Å². The molecule has 124 valence electrons. The van der Waals surface area contributed by atoms with Crippen molar-refractivity contribution in [3.05, 3.63) is 88.0 Å². The zero-order valence-electron chi connectivity index (χ0n) is 13.3. The summed E-state index contributed by atoms with van der Waals surface area (Å²) in [4.78, 5) is 0. The lowest BCUT2D eigenvalue weighted by Gasteiger charge is -2.11. The normalized spacial score (nSPS) is 10.8. The quantitative estimate of drug-likeness (QED) is 0.304. The van der Waals surface area contributed by atoms with E-state index >= 15 is 0 Å². The van der Waals surface area contributed by atoms with E-state index in [0.29, 0.717) is 6.61 Å². The molecule has 4 heteroatoms. The summed E-state index contributed by atoms with van der Waals surface area (Å²) in [5, 5.41) is 2.09. The monoisotopic (exact) mass is 458 g/mol. The summed E-state index contributed by atoms with van der Waals surface area (Å²) in [6, 6.07) is 26.4. The van der Waals surface area contributed by atoms with Gasteiger partial charge in [-0.25, -0.2) is 0 Å². The maximum Gasteiger partial charge on any atom is 0.182 e. The molecule has 4 aromatic rings. The summed E-state index contributed by atoms with van der Waals surface area (Å²) < 4.78 is 14.3. The minimum atomic E-state index is 0.545. The van der Waals surface area contributed by atoms with E-state index in [1.165, 1.54) is 10.1 Å². The first kappa shape index (κ1) is 16.4. The zero-order valence-corrected chi connectivity index (χ0v) is 16.3. The van der Waals surface area contributed by atoms with Crippen LogP contribution in [0.2, 0.25) is 0 Å². The molecule has 0 saturated carbocycles. The van der Waals surface area contributed by atoms with Crippen molar-refractivity contribution in [3.63, 3.8) is 0 Å². The molecule has 1 aromatic heterocycles. The Morgan fingerprint density at radius 1 is 0.800 bits per heavy atom. The van der Waals surface area contributed by atoms with Crippen molar-refractivity contribution >= 4 is 44.0 Å². The van der Waals surface area contributed by atoms with Crippen LogP contribution in [0.4, 0.5) is 0 Å². The number of benzene rings is 3. The Morgan fingerprint density at radius 3 is 2.40 bits per heavy atom. The van der Waals surface area contributed by atoms with Crippen LogP contribution in [-0.2, 0) is 6.61 Å². The highest BCUT2D eigenvalue weighted by molar-refractivity contribution is 14.1. The lowest BCUT2D eigenvalue weighted by atomic mass is 10.2. The van der Waals surface area contributed by atoms with Crippen LogP contribution in [0.3, 0.4) is 0 Å². The van der Waals surface area contributed by atoms with Crippen molar-refractivity contribution in [2.75, 3.05) is 0 Å². The molecule has 3 aromatic carbocycles. The molecule has 0 atom stereocenters. The minimum Gasteiger partial charge on any atom is -0.488 e. The third-order valence-electron chi connectivity index (χ3n) is 3.78. The molecule has 1 heterocycles. The molecule has 2 nitrogen and oxygen atoms in total. The second-order valence-electron chi connectivity index (χ2n) is 5.55. The Morgan fingerprint density at radius 2 is 1.56 bits per heavy atom. The highest BCUT2D eigenvalue weighted by Crippen LogP contribution is 2.38. The molecule has 0 aliphatic carbocycles. The van der Waals surface area contributed by atoms with Gasteiger partial charge in [-0.2, -0.15) is 0 Å². The Bertz CT molecular complexity index is 962. The molecule has 0 bridgehead atoms. The summed E-state index contributed by atoms with van der Waals surface area (Å²) in [6.45, 7) is 0.545. The molecule has 25 heavy (non-hydrogen) atoms. The smallest absolute Gasteiger partial charge is 0.182 e. The predicted molar refractivity (Wildman–Crippen MR) is 112 cm³/mol. The van der Waals surface area contributed by atoms with Gasteiger partial charge in [0.15, 0.2) is 5.06 Å². The van der Waals surface area contributed by atoms with Crippen molar-refractivity contribution in [3.8, 4) is 16.6 Å². The summed E-state index contributed by atoms with van der Waals surface area (Å²) >= 11 is 3.93. The van der Waals surface area contributed by atoms with Gasteiger partial charge in [0.05, 0.1) is 3.57 Å². The SMILES string of the molecule is Ic1c(OCc2ccccc2)cccc1Oc1cc2ccccc2s1. The average molecular weight is 458 g/mol. The van der Waals surface area contributed by atoms with Crippen LogP contribution in [0.25, 0.3) is 10.1 Å². The van der Waals surface area contributed by atoms with E-state index in [1.807, 2.05) is 48.5 Å². The molecular weight excluding hydrogens is 443 g/mol. The first-order valence-electron chi connectivity index (χ1n) is 7.91. The minimum absolute atomic E-state index is 0.545. The van der Waals surface area contributed by atoms with Crippen molar-refractivity contribution in [1.82, 2.24) is 0 Å². The number of halogens is 1. The highest BCUT2D eigenvalue weighted by Gasteiger charge is 2.11. The van der Waals surface area contributed by atoms with E-state index in [4.69, 9.17) is 9.47 Å². The van der Waals surface area contributed by atoms with Gasteiger partial charge in [-0.1, -0.05) is 65.9 Å². The molecule has 0 spiro atoms. The molecular formula is C21H15IO2S. The van der Waals surface area contributed by atoms with Crippen molar-refractivity contribution in [1.29, 1.82) is 0 Å². The second-order valence-corrected chi connectivity index (χ2v) is 7.67. The van der Waals surface area contributed by atoms with E-state index < -0.39 is 0 Å². The Hall–Kier alpha value is -2.05. The fourth-order valence-corrected chi connectivity index (χ4v) is 4.08. The molecule has 0 aliphatic rings. The fraction of sp³-hybridized carbons (Fsp3) is 0.0476. The molecule has 0 unspecified atom stereocenters. The van der Waals surface area contributed by atoms with Gasteiger partial charge >= 0.3 is 0 Å². The van der Waals surface area contributed by atoms with Crippen LogP contribution in [0.1, 0.15) is 5.56 Å². The van der Waals surface area contributed by atoms with E-state index in [9.17, 15) is 0 Å². The highest BCUT2D eigenvalue weighted by atomic mass is 127. The lowest BCUT2D eigenvalue weighted by molar-refractivity contribution is 0.302. The number of hydrogen-bond acceptors (Lipinski definition) is 3. The van der Waals surface area contributed by atoms with Crippen molar-refractivity contribution in [2.45, 2.75) is 6.61 Å². The summed E-state index contributed by atoms with van der Waals surface area (Å²) in [5.41, 5.74) is 1.15. The maximum atomic E-state index is 6.12. The van der Waals surface area contributed by atoms with Gasteiger partial charge in [0.2, 0.25) is 0 Å². The van der Waals surface area contributed by atoms with E-state index in [-0.39, 0.29) is 0 Å². The largest absolute Gasteiger partial charge is 0.488 e. The van der Waals surface area contributed by atoms with Crippen LogP contribution in [0.5, 0.6) is 16.6 Å². The van der Waals surface area contributed by atoms with Crippen LogP contribution >= 0.6 is 33.9 Å². The van der Waals surface area contributed by atoms with Crippen LogP contribution in [0.15, 0.2) is 78.9 Å². The van der Waals surface area contributed by atoms with Gasteiger partial charge in [0.25, 0.3) is 0 Å². The standard InChI is InChI=1S/C21H15IO2S/c22-21-17(23-14-15-7-2-1-3-8-15)10-6-11-18(21)24-20-13-16-9-4-5-12-19(16)25-20/h1-13H,14H2. The Labute approximate surface area is 164 Å². The summed E-state index contributed by atoms with van der Waals surface area (Å²) in [6.07, 6.45) is 0. The summed E-state index contributed by atoms with van der Waals surface area (Å²) in [7, 11) is 0. The summed E-state index contributed by atoms with van der Waals surface area (Å²) in [5.74, 6) is 1.65.